The molecule has 2 aliphatic rings. The van der Waals surface area contributed by atoms with E-state index in [-0.39, 0.29) is 36.0 Å². The summed E-state index contributed by atoms with van der Waals surface area (Å²) in [7, 11) is 3.03. The molecular weight excluding hydrogens is 324 g/mol. The highest BCUT2D eigenvalue weighted by molar-refractivity contribution is 5.73. The molecule has 2 rings (SSSR count). The Labute approximate surface area is 151 Å². The summed E-state index contributed by atoms with van der Waals surface area (Å²) >= 11 is 0. The molecule has 25 heavy (non-hydrogen) atoms. The molecule has 0 aliphatic heterocycles. The molecule has 0 spiro atoms. The molecule has 2 fully saturated rings. The second-order valence-corrected chi connectivity index (χ2v) is 6.48. The lowest BCUT2D eigenvalue weighted by molar-refractivity contribution is -0.160. The van der Waals surface area contributed by atoms with E-state index in [2.05, 4.69) is 0 Å². The number of rotatable bonds is 6. The largest absolute Gasteiger partial charge is 0.469 e. The van der Waals surface area contributed by atoms with Crippen molar-refractivity contribution in [1.29, 1.82) is 0 Å². The van der Waals surface area contributed by atoms with Gasteiger partial charge in [0.05, 0.1) is 25.0 Å². The molecule has 6 nitrogen and oxygen atoms in total. The number of hydrogen-bond acceptors (Lipinski definition) is 6. The molecule has 2 saturated carbocycles. The van der Waals surface area contributed by atoms with Gasteiger partial charge in [-0.25, -0.2) is 0 Å². The van der Waals surface area contributed by atoms with Crippen molar-refractivity contribution in [3.63, 3.8) is 0 Å². The SMILES string of the molecule is CC.COCOC1CCC(C(=O)OC2CCC(C(=O)OC)CC2)CC1. The van der Waals surface area contributed by atoms with Crippen LogP contribution in [0.15, 0.2) is 0 Å². The highest BCUT2D eigenvalue weighted by Crippen LogP contribution is 2.31. The van der Waals surface area contributed by atoms with E-state index in [0.29, 0.717) is 6.79 Å². The molecule has 0 aromatic heterocycles. The molecule has 0 N–H and O–H groups in total. The lowest BCUT2D eigenvalue weighted by Crippen LogP contribution is -2.33. The Kier molecular flexibility index (Phi) is 10.7. The molecule has 0 radical (unpaired) electrons. The molecule has 0 amide bonds. The lowest BCUT2D eigenvalue weighted by Gasteiger charge is -2.30. The minimum absolute atomic E-state index is 0.0178. The minimum Gasteiger partial charge on any atom is -0.469 e. The standard InChI is InChI=1S/C17H28O6.C2H6/c1-20-11-22-14-7-3-13(4-8-14)17(19)23-15-9-5-12(6-10-15)16(18)21-2;1-2/h12-15H,3-11H2,1-2H3;1-2H3. The van der Waals surface area contributed by atoms with Crippen molar-refractivity contribution in [2.24, 2.45) is 11.8 Å². The van der Waals surface area contributed by atoms with E-state index in [1.54, 1.807) is 7.11 Å². The second kappa shape index (κ2) is 12.3. The van der Waals surface area contributed by atoms with Gasteiger partial charge >= 0.3 is 11.9 Å². The lowest BCUT2D eigenvalue weighted by atomic mass is 9.86. The third-order valence-electron chi connectivity index (χ3n) is 4.92. The summed E-state index contributed by atoms with van der Waals surface area (Å²) in [4.78, 5) is 23.8. The van der Waals surface area contributed by atoms with E-state index in [0.717, 1.165) is 51.4 Å². The fourth-order valence-electron chi connectivity index (χ4n) is 3.47. The van der Waals surface area contributed by atoms with Crippen molar-refractivity contribution in [2.75, 3.05) is 21.0 Å². The van der Waals surface area contributed by atoms with Crippen LogP contribution in [0.5, 0.6) is 0 Å². The van der Waals surface area contributed by atoms with Crippen molar-refractivity contribution in [1.82, 2.24) is 0 Å². The van der Waals surface area contributed by atoms with Gasteiger partial charge in [0.1, 0.15) is 12.9 Å². The smallest absolute Gasteiger partial charge is 0.309 e. The highest BCUT2D eigenvalue weighted by atomic mass is 16.7. The number of hydrogen-bond donors (Lipinski definition) is 0. The number of carbonyl (C=O) groups is 2. The Morgan fingerprint density at radius 1 is 0.760 bits per heavy atom. The average Bonchev–Trinajstić information content (AvgIpc) is 2.68. The summed E-state index contributed by atoms with van der Waals surface area (Å²) in [5.74, 6) is -0.292. The quantitative estimate of drug-likeness (QED) is 0.535. The summed E-state index contributed by atoms with van der Waals surface area (Å²) < 4.78 is 20.9. The molecule has 6 heteroatoms. The van der Waals surface area contributed by atoms with Gasteiger partial charge in [-0.2, -0.15) is 0 Å². The fraction of sp³-hybridized carbons (Fsp3) is 0.895. The summed E-state index contributed by atoms with van der Waals surface area (Å²) in [6, 6.07) is 0. The van der Waals surface area contributed by atoms with Crippen molar-refractivity contribution >= 4 is 11.9 Å². The Balaban J connectivity index is 0.00000151. The molecular formula is C19H34O6. The second-order valence-electron chi connectivity index (χ2n) is 6.48. The molecule has 0 saturated heterocycles. The number of carbonyl (C=O) groups excluding carboxylic acids is 2. The maximum atomic E-state index is 12.3. The molecule has 0 heterocycles. The van der Waals surface area contributed by atoms with Gasteiger partial charge in [0.2, 0.25) is 0 Å². The molecule has 0 unspecified atom stereocenters. The van der Waals surface area contributed by atoms with E-state index in [4.69, 9.17) is 18.9 Å². The Morgan fingerprint density at radius 3 is 1.72 bits per heavy atom. The van der Waals surface area contributed by atoms with Crippen molar-refractivity contribution in [2.45, 2.75) is 77.4 Å². The Morgan fingerprint density at radius 2 is 1.24 bits per heavy atom. The summed E-state index contributed by atoms with van der Waals surface area (Å²) in [6.07, 6.45) is 6.48. The first-order valence-electron chi connectivity index (χ1n) is 9.53. The van der Waals surface area contributed by atoms with Crippen LogP contribution in [-0.4, -0.2) is 45.2 Å². The first-order valence-corrected chi connectivity index (χ1v) is 9.53. The third kappa shape index (κ3) is 7.32. The Bertz CT molecular complexity index is 381. The first-order chi connectivity index (χ1) is 12.1. The molecule has 0 aromatic rings. The van der Waals surface area contributed by atoms with Gasteiger partial charge in [-0.15, -0.1) is 0 Å². The predicted molar refractivity (Wildman–Crippen MR) is 93.9 cm³/mol. The van der Waals surface area contributed by atoms with Gasteiger partial charge in [-0.3, -0.25) is 9.59 Å². The molecule has 0 atom stereocenters. The zero-order chi connectivity index (χ0) is 18.7. The Hall–Kier alpha value is -1.14. The van der Waals surface area contributed by atoms with Gasteiger partial charge in [-0.1, -0.05) is 13.8 Å². The maximum Gasteiger partial charge on any atom is 0.309 e. The third-order valence-corrected chi connectivity index (χ3v) is 4.92. The van der Waals surface area contributed by atoms with E-state index >= 15 is 0 Å². The number of methoxy groups -OCH3 is 2. The van der Waals surface area contributed by atoms with E-state index < -0.39 is 0 Å². The maximum absolute atomic E-state index is 12.3. The van der Waals surface area contributed by atoms with Gasteiger partial charge in [0, 0.05) is 7.11 Å². The van der Waals surface area contributed by atoms with Crippen LogP contribution in [0.2, 0.25) is 0 Å². The van der Waals surface area contributed by atoms with Crippen LogP contribution in [0.25, 0.3) is 0 Å². The normalized spacial score (nSPS) is 29.1. The van der Waals surface area contributed by atoms with Crippen molar-refractivity contribution < 1.29 is 28.5 Å². The molecule has 0 bridgehead atoms. The van der Waals surface area contributed by atoms with Gasteiger partial charge < -0.3 is 18.9 Å². The predicted octanol–water partition coefficient (Wildman–Crippen LogP) is 3.47. The van der Waals surface area contributed by atoms with Gasteiger partial charge in [0.25, 0.3) is 0 Å². The summed E-state index contributed by atoms with van der Waals surface area (Å²) in [6.45, 7) is 4.31. The zero-order valence-corrected chi connectivity index (χ0v) is 16.1. The number of esters is 2. The van der Waals surface area contributed by atoms with Crippen molar-refractivity contribution in [3.8, 4) is 0 Å². The monoisotopic (exact) mass is 358 g/mol. The fourth-order valence-corrected chi connectivity index (χ4v) is 3.47. The molecule has 2 aliphatic carbocycles. The average molecular weight is 358 g/mol. The van der Waals surface area contributed by atoms with E-state index in [9.17, 15) is 9.59 Å². The van der Waals surface area contributed by atoms with Crippen LogP contribution in [0.1, 0.15) is 65.2 Å². The summed E-state index contributed by atoms with van der Waals surface area (Å²) in [5.41, 5.74) is 0. The zero-order valence-electron chi connectivity index (χ0n) is 16.1. The topological polar surface area (TPSA) is 71.1 Å². The molecule has 146 valence electrons. The van der Waals surface area contributed by atoms with E-state index in [1.165, 1.54) is 7.11 Å². The first kappa shape index (κ1) is 21.9. The van der Waals surface area contributed by atoms with Crippen LogP contribution >= 0.6 is 0 Å². The summed E-state index contributed by atoms with van der Waals surface area (Å²) in [5, 5.41) is 0. The van der Waals surface area contributed by atoms with Crippen LogP contribution in [0, 0.1) is 11.8 Å². The van der Waals surface area contributed by atoms with Gasteiger partial charge in [-0.05, 0) is 51.4 Å². The van der Waals surface area contributed by atoms with Crippen LogP contribution < -0.4 is 0 Å². The van der Waals surface area contributed by atoms with Crippen LogP contribution in [0.3, 0.4) is 0 Å². The van der Waals surface area contributed by atoms with Crippen LogP contribution in [-0.2, 0) is 28.5 Å². The van der Waals surface area contributed by atoms with Crippen molar-refractivity contribution in [3.05, 3.63) is 0 Å². The highest BCUT2D eigenvalue weighted by Gasteiger charge is 2.32. The van der Waals surface area contributed by atoms with Gasteiger partial charge in [0.15, 0.2) is 0 Å². The van der Waals surface area contributed by atoms with E-state index in [1.807, 2.05) is 13.8 Å². The molecule has 0 aromatic carbocycles. The van der Waals surface area contributed by atoms with Crippen LogP contribution in [0.4, 0.5) is 0 Å². The minimum atomic E-state index is -0.149. The number of ether oxygens (including phenoxy) is 4.